The molecule has 2 unspecified atom stereocenters. The van der Waals surface area contributed by atoms with Crippen LogP contribution in [0.3, 0.4) is 0 Å². The summed E-state index contributed by atoms with van der Waals surface area (Å²) in [5.41, 5.74) is -2.99. The molecule has 186 valence electrons. The van der Waals surface area contributed by atoms with Gasteiger partial charge in [0.1, 0.15) is 42.2 Å². The van der Waals surface area contributed by atoms with Crippen molar-refractivity contribution in [3.63, 3.8) is 0 Å². The summed E-state index contributed by atoms with van der Waals surface area (Å²) >= 11 is 0. The van der Waals surface area contributed by atoms with Crippen molar-refractivity contribution in [1.82, 2.24) is 0 Å². The lowest BCUT2D eigenvalue weighted by Gasteiger charge is -2.67. The molecule has 4 saturated heterocycles. The summed E-state index contributed by atoms with van der Waals surface area (Å²) in [6.07, 6.45) is -7.87. The average Bonchev–Trinajstić information content (AvgIpc) is 3.00. The highest BCUT2D eigenvalue weighted by molar-refractivity contribution is 5.89. The first-order valence-electron chi connectivity index (χ1n) is 11.4. The molecule has 0 spiro atoms. The van der Waals surface area contributed by atoms with Gasteiger partial charge in [0.15, 0.2) is 18.4 Å². The molecular weight excluding hydrogens is 452 g/mol. The van der Waals surface area contributed by atoms with Gasteiger partial charge in [0, 0.05) is 12.3 Å². The van der Waals surface area contributed by atoms with Crippen LogP contribution in [0.4, 0.5) is 0 Å². The third kappa shape index (κ3) is 2.59. The Morgan fingerprint density at radius 3 is 2.56 bits per heavy atom. The van der Waals surface area contributed by atoms with Crippen LogP contribution in [0.1, 0.15) is 30.1 Å². The number of ether oxygens (including phenoxy) is 5. The second-order valence-corrected chi connectivity index (χ2v) is 10.2. The maximum Gasteiger partial charge on any atom is 0.338 e. The quantitative estimate of drug-likeness (QED) is 0.306. The molecule has 7 aliphatic rings. The maximum absolute atomic E-state index is 12.7. The highest BCUT2D eigenvalue weighted by atomic mass is 16.8. The van der Waals surface area contributed by atoms with Gasteiger partial charge in [-0.15, -0.1) is 0 Å². The highest BCUT2D eigenvalue weighted by Crippen LogP contribution is 2.81. The number of hydrogen-bond acceptors (Lipinski definition) is 11. The molecule has 5 N–H and O–H groups in total. The van der Waals surface area contributed by atoms with E-state index in [0.29, 0.717) is 5.56 Å². The summed E-state index contributed by atoms with van der Waals surface area (Å²) in [6, 6.07) is 8.47. The van der Waals surface area contributed by atoms with Gasteiger partial charge in [0.05, 0.1) is 17.6 Å². The van der Waals surface area contributed by atoms with Crippen molar-refractivity contribution in [2.75, 3.05) is 13.2 Å². The van der Waals surface area contributed by atoms with Gasteiger partial charge in [-0.25, -0.2) is 4.79 Å². The lowest BCUT2D eigenvalue weighted by atomic mass is 9.41. The molecule has 11 atom stereocenters. The molecule has 34 heavy (non-hydrogen) atoms. The first-order valence-corrected chi connectivity index (χ1v) is 11.4. The van der Waals surface area contributed by atoms with E-state index >= 15 is 0 Å². The summed E-state index contributed by atoms with van der Waals surface area (Å²) in [5.74, 6) is -2.49. The van der Waals surface area contributed by atoms with Crippen LogP contribution in [0.25, 0.3) is 0 Å². The first-order chi connectivity index (χ1) is 16.1. The molecule has 0 amide bonds. The summed E-state index contributed by atoms with van der Waals surface area (Å²) in [5, 5.41) is 51.7. The fraction of sp³-hybridized carbons (Fsp3) is 0.696. The largest absolute Gasteiger partial charge is 0.461 e. The van der Waals surface area contributed by atoms with E-state index in [0.717, 1.165) is 0 Å². The summed E-state index contributed by atoms with van der Waals surface area (Å²) in [4.78, 5) is 12.7. The summed E-state index contributed by atoms with van der Waals surface area (Å²) in [6.45, 7) is 0.985. The lowest BCUT2D eigenvalue weighted by molar-refractivity contribution is -0.424. The van der Waals surface area contributed by atoms with Crippen molar-refractivity contribution < 1.29 is 54.0 Å². The normalized spacial score (nSPS) is 52.5. The maximum atomic E-state index is 12.7. The van der Waals surface area contributed by atoms with Crippen LogP contribution in [0.15, 0.2) is 30.3 Å². The number of carbonyl (C=O) groups excluding carboxylic acids is 1. The van der Waals surface area contributed by atoms with Crippen molar-refractivity contribution in [3.8, 4) is 0 Å². The SMILES string of the molecule is C[C@]12C[C@]3(O)OC(O1)[C@]1(COC(=O)c4ccccc4)C3C[C@@]12O[C@@H]1O[C@H](CO)[C@@H](O)[C@H](O)[C@H]1O. The van der Waals surface area contributed by atoms with Crippen LogP contribution in [0, 0.1) is 11.3 Å². The number of aliphatic hydroxyl groups is 5. The van der Waals surface area contributed by atoms with Crippen LogP contribution >= 0.6 is 0 Å². The van der Waals surface area contributed by atoms with Crippen molar-refractivity contribution in [2.24, 2.45) is 11.3 Å². The van der Waals surface area contributed by atoms with Crippen LogP contribution < -0.4 is 0 Å². The van der Waals surface area contributed by atoms with Gasteiger partial charge >= 0.3 is 5.97 Å². The number of carbonyl (C=O) groups is 1. The van der Waals surface area contributed by atoms with E-state index in [2.05, 4.69) is 0 Å². The van der Waals surface area contributed by atoms with Crippen LogP contribution in [0.5, 0.6) is 0 Å². The molecule has 3 aliphatic carbocycles. The Bertz CT molecular complexity index is 988. The molecule has 1 aromatic carbocycles. The second-order valence-electron chi connectivity index (χ2n) is 10.2. The van der Waals surface area contributed by atoms with Gasteiger partial charge in [-0.1, -0.05) is 18.2 Å². The molecule has 11 heteroatoms. The van der Waals surface area contributed by atoms with Gasteiger partial charge in [-0.05, 0) is 25.5 Å². The van der Waals surface area contributed by atoms with E-state index in [1.165, 1.54) is 0 Å². The van der Waals surface area contributed by atoms with Gasteiger partial charge in [-0.2, -0.15) is 0 Å². The van der Waals surface area contributed by atoms with Crippen molar-refractivity contribution >= 4 is 5.97 Å². The molecule has 1 aromatic rings. The summed E-state index contributed by atoms with van der Waals surface area (Å²) < 4.78 is 29.7. The third-order valence-corrected chi connectivity index (χ3v) is 8.57. The Morgan fingerprint density at radius 2 is 1.85 bits per heavy atom. The Morgan fingerprint density at radius 1 is 1.12 bits per heavy atom. The first kappa shape index (κ1) is 22.8. The molecule has 3 saturated carbocycles. The summed E-state index contributed by atoms with van der Waals surface area (Å²) in [7, 11) is 0. The van der Waals surface area contributed by atoms with Crippen LogP contribution in [-0.4, -0.2) is 98.7 Å². The van der Waals surface area contributed by atoms with Gasteiger partial charge in [0.25, 0.3) is 0 Å². The third-order valence-electron chi connectivity index (χ3n) is 8.57. The predicted molar refractivity (Wildman–Crippen MR) is 109 cm³/mol. The Kier molecular flexibility index (Phi) is 4.81. The Labute approximate surface area is 194 Å². The minimum atomic E-state index is -1.61. The molecule has 8 rings (SSSR count). The molecule has 4 aliphatic heterocycles. The zero-order valence-corrected chi connectivity index (χ0v) is 18.4. The van der Waals surface area contributed by atoms with E-state index in [-0.39, 0.29) is 19.4 Å². The van der Waals surface area contributed by atoms with Crippen LogP contribution in [-0.2, 0) is 23.7 Å². The molecule has 0 radical (unpaired) electrons. The molecule has 6 bridgehead atoms. The number of benzene rings is 1. The van der Waals surface area contributed by atoms with E-state index < -0.39 is 77.9 Å². The van der Waals surface area contributed by atoms with Gasteiger partial charge in [-0.3, -0.25) is 0 Å². The molecule has 11 nitrogen and oxygen atoms in total. The van der Waals surface area contributed by atoms with Crippen molar-refractivity contribution in [2.45, 2.75) is 73.8 Å². The fourth-order valence-electron chi connectivity index (χ4n) is 6.87. The predicted octanol–water partition coefficient (Wildman–Crippen LogP) is -1.36. The van der Waals surface area contributed by atoms with E-state index in [1.54, 1.807) is 37.3 Å². The molecule has 4 heterocycles. The number of esters is 1. The zero-order chi connectivity index (χ0) is 24.1. The molecule has 0 aromatic heterocycles. The fourth-order valence-corrected chi connectivity index (χ4v) is 6.87. The monoisotopic (exact) mass is 480 g/mol. The average molecular weight is 480 g/mol. The number of aliphatic hydroxyl groups excluding tert-OH is 4. The van der Waals surface area contributed by atoms with Gasteiger partial charge < -0.3 is 49.2 Å². The Hall–Kier alpha value is -1.67. The van der Waals surface area contributed by atoms with E-state index in [4.69, 9.17) is 23.7 Å². The number of hydrogen-bond donors (Lipinski definition) is 5. The zero-order valence-electron chi connectivity index (χ0n) is 18.4. The highest BCUT2D eigenvalue weighted by Gasteiger charge is 2.94. The lowest BCUT2D eigenvalue weighted by Crippen LogP contribution is -2.80. The second kappa shape index (κ2) is 7.19. The molecule has 7 fully saturated rings. The van der Waals surface area contributed by atoms with E-state index in [9.17, 15) is 30.3 Å². The smallest absolute Gasteiger partial charge is 0.338 e. The topological polar surface area (TPSA) is 164 Å². The number of rotatable bonds is 6. The minimum absolute atomic E-state index is 0.0902. The van der Waals surface area contributed by atoms with Crippen molar-refractivity contribution in [3.05, 3.63) is 35.9 Å². The minimum Gasteiger partial charge on any atom is -0.461 e. The standard InChI is InChI=1S/C23H28O11/c1-20-9-22(29)13-7-23(20,32-18-16(27)15(26)14(25)12(8-24)31-18)21(13,19(33-20)34-22)10-30-17(28)11-5-3-2-4-6-11/h2-6,12-16,18-19,24-27,29H,7-10H2,1H3/t12-,13?,14-,15+,16-,18+,19?,20-,21+,22+,23+/m1/s1. The van der Waals surface area contributed by atoms with Crippen LogP contribution in [0.2, 0.25) is 0 Å². The van der Waals surface area contributed by atoms with E-state index in [1.807, 2.05) is 0 Å². The molecular formula is C23H28O11. The van der Waals surface area contributed by atoms with Gasteiger partial charge in [0.2, 0.25) is 0 Å². The Balaban J connectivity index is 1.32. The van der Waals surface area contributed by atoms with Crippen molar-refractivity contribution in [1.29, 1.82) is 0 Å².